The van der Waals surface area contributed by atoms with E-state index < -0.39 is 0 Å². The number of nitrogens with one attached hydrogen (secondary N) is 1. The van der Waals surface area contributed by atoms with Crippen LogP contribution in [0, 0.1) is 0 Å². The minimum atomic E-state index is -0.0131. The van der Waals surface area contributed by atoms with Crippen molar-refractivity contribution in [3.05, 3.63) is 11.8 Å². The van der Waals surface area contributed by atoms with Crippen LogP contribution in [-0.2, 0) is 9.47 Å². The third-order valence-corrected chi connectivity index (χ3v) is 4.37. The molecule has 0 radical (unpaired) electrons. The summed E-state index contributed by atoms with van der Waals surface area (Å²) in [5, 5.41) is 3.64. The molecule has 0 spiro atoms. The zero-order valence-electron chi connectivity index (χ0n) is 11.8. The zero-order valence-corrected chi connectivity index (χ0v) is 11.8. The van der Waals surface area contributed by atoms with E-state index in [4.69, 9.17) is 9.47 Å². The Morgan fingerprint density at radius 2 is 2.11 bits per heavy atom. The molecule has 0 saturated heterocycles. The van der Waals surface area contributed by atoms with E-state index in [2.05, 4.69) is 12.2 Å². The molecule has 1 fully saturated rings. The Labute approximate surface area is 111 Å². The Hall–Kier alpha value is -0.540. The van der Waals surface area contributed by atoms with Crippen molar-refractivity contribution in [1.29, 1.82) is 0 Å². The maximum Gasteiger partial charge on any atom is 0.0876 e. The van der Waals surface area contributed by atoms with Crippen LogP contribution in [0.15, 0.2) is 11.8 Å². The molecule has 1 N–H and O–H groups in total. The van der Waals surface area contributed by atoms with Crippen LogP contribution in [0.3, 0.4) is 0 Å². The zero-order chi connectivity index (χ0) is 12.8. The van der Waals surface area contributed by atoms with Crippen LogP contribution in [0.2, 0.25) is 0 Å². The van der Waals surface area contributed by atoms with E-state index in [0.29, 0.717) is 6.04 Å². The number of likely N-dealkylation sites (N-methyl/N-ethyl adjacent to an activating group) is 1. The van der Waals surface area contributed by atoms with Crippen molar-refractivity contribution in [2.45, 2.75) is 63.5 Å². The van der Waals surface area contributed by atoms with Crippen molar-refractivity contribution in [1.82, 2.24) is 5.32 Å². The maximum atomic E-state index is 5.99. The van der Waals surface area contributed by atoms with E-state index in [1.54, 1.807) is 0 Å². The van der Waals surface area contributed by atoms with Gasteiger partial charge < -0.3 is 14.8 Å². The predicted molar refractivity (Wildman–Crippen MR) is 73.6 cm³/mol. The van der Waals surface area contributed by atoms with Crippen LogP contribution in [0.1, 0.15) is 51.9 Å². The third-order valence-electron chi connectivity index (χ3n) is 4.37. The molecule has 1 aliphatic carbocycles. The van der Waals surface area contributed by atoms with Crippen LogP contribution in [0.4, 0.5) is 0 Å². The van der Waals surface area contributed by atoms with Gasteiger partial charge in [0.05, 0.1) is 24.5 Å². The fourth-order valence-electron chi connectivity index (χ4n) is 3.42. The molecule has 3 heteroatoms. The number of ether oxygens (including phenoxy) is 2. The predicted octanol–water partition coefficient (Wildman–Crippen LogP) is 3.01. The number of methoxy groups -OCH3 is 1. The highest BCUT2D eigenvalue weighted by Gasteiger charge is 2.41. The molecule has 1 atom stereocenters. The third kappa shape index (κ3) is 2.89. The Kier molecular flexibility index (Phi) is 5.07. The topological polar surface area (TPSA) is 30.5 Å². The van der Waals surface area contributed by atoms with Gasteiger partial charge in [-0.25, -0.2) is 0 Å². The summed E-state index contributed by atoms with van der Waals surface area (Å²) in [6, 6.07) is 0.327. The van der Waals surface area contributed by atoms with Gasteiger partial charge in [0, 0.05) is 7.11 Å². The molecule has 1 heterocycles. The normalized spacial score (nSPS) is 25.1. The molecule has 1 saturated carbocycles. The molecule has 0 aromatic heterocycles. The second-order valence-corrected chi connectivity index (χ2v) is 5.49. The smallest absolute Gasteiger partial charge is 0.0876 e. The lowest BCUT2D eigenvalue weighted by atomic mass is 9.75. The highest BCUT2D eigenvalue weighted by atomic mass is 16.5. The van der Waals surface area contributed by atoms with Crippen molar-refractivity contribution in [3.8, 4) is 0 Å². The average Bonchev–Trinajstić information content (AvgIpc) is 2.46. The van der Waals surface area contributed by atoms with Crippen LogP contribution >= 0.6 is 0 Å². The first-order valence-corrected chi connectivity index (χ1v) is 7.41. The SMILES string of the molecule is CCNC(C1=COCCC1)C1(OC)CCCCC1. The lowest BCUT2D eigenvalue weighted by molar-refractivity contribution is -0.0602. The van der Waals surface area contributed by atoms with Gasteiger partial charge >= 0.3 is 0 Å². The van der Waals surface area contributed by atoms with E-state index in [-0.39, 0.29) is 5.60 Å². The summed E-state index contributed by atoms with van der Waals surface area (Å²) in [4.78, 5) is 0. The van der Waals surface area contributed by atoms with Crippen LogP contribution in [0.25, 0.3) is 0 Å². The summed E-state index contributed by atoms with van der Waals surface area (Å²) < 4.78 is 11.5. The second kappa shape index (κ2) is 6.58. The van der Waals surface area contributed by atoms with Crippen LogP contribution in [-0.4, -0.2) is 31.9 Å². The fourth-order valence-corrected chi connectivity index (χ4v) is 3.42. The molecule has 1 aliphatic heterocycles. The quantitative estimate of drug-likeness (QED) is 0.817. The Morgan fingerprint density at radius 3 is 2.67 bits per heavy atom. The van der Waals surface area contributed by atoms with Crippen LogP contribution in [0.5, 0.6) is 0 Å². The highest BCUT2D eigenvalue weighted by Crippen LogP contribution is 2.38. The molecular weight excluding hydrogens is 226 g/mol. The number of rotatable bonds is 5. The molecular formula is C15H27NO2. The molecule has 2 aliphatic rings. The molecule has 0 bridgehead atoms. The number of hydrogen-bond acceptors (Lipinski definition) is 3. The summed E-state index contributed by atoms with van der Waals surface area (Å²) in [5.41, 5.74) is 1.38. The average molecular weight is 253 g/mol. The highest BCUT2D eigenvalue weighted by molar-refractivity contribution is 5.18. The first kappa shape index (κ1) is 13.9. The monoisotopic (exact) mass is 253 g/mol. The molecule has 1 unspecified atom stereocenters. The van der Waals surface area contributed by atoms with Gasteiger partial charge in [-0.15, -0.1) is 0 Å². The van der Waals surface area contributed by atoms with E-state index >= 15 is 0 Å². The summed E-state index contributed by atoms with van der Waals surface area (Å²) >= 11 is 0. The second-order valence-electron chi connectivity index (χ2n) is 5.49. The molecule has 104 valence electrons. The van der Waals surface area contributed by atoms with Crippen molar-refractivity contribution < 1.29 is 9.47 Å². The fraction of sp³-hybridized carbons (Fsp3) is 0.867. The number of hydrogen-bond donors (Lipinski definition) is 1. The van der Waals surface area contributed by atoms with E-state index in [0.717, 1.165) is 26.0 Å². The van der Waals surface area contributed by atoms with Crippen molar-refractivity contribution in [3.63, 3.8) is 0 Å². The molecule has 3 nitrogen and oxygen atoms in total. The first-order valence-electron chi connectivity index (χ1n) is 7.41. The van der Waals surface area contributed by atoms with Gasteiger partial charge in [0.2, 0.25) is 0 Å². The molecule has 0 amide bonds. The van der Waals surface area contributed by atoms with Gasteiger partial charge in [-0.3, -0.25) is 0 Å². The largest absolute Gasteiger partial charge is 0.501 e. The standard InChI is InChI=1S/C15H27NO2/c1-3-16-14(13-8-7-11-18-12-13)15(17-2)9-5-4-6-10-15/h12,14,16H,3-11H2,1-2H3. The van der Waals surface area contributed by atoms with Crippen molar-refractivity contribution >= 4 is 0 Å². The van der Waals surface area contributed by atoms with E-state index in [1.165, 1.54) is 37.7 Å². The molecule has 18 heavy (non-hydrogen) atoms. The summed E-state index contributed by atoms with van der Waals surface area (Å²) in [6.45, 7) is 4.01. The van der Waals surface area contributed by atoms with Crippen molar-refractivity contribution in [2.24, 2.45) is 0 Å². The van der Waals surface area contributed by atoms with Gasteiger partial charge in [-0.2, -0.15) is 0 Å². The lowest BCUT2D eigenvalue weighted by Crippen LogP contribution is -2.54. The molecule has 0 aromatic carbocycles. The lowest BCUT2D eigenvalue weighted by Gasteiger charge is -2.44. The summed E-state index contributed by atoms with van der Waals surface area (Å²) in [5.74, 6) is 0. The first-order chi connectivity index (χ1) is 8.82. The Morgan fingerprint density at radius 1 is 1.33 bits per heavy atom. The summed E-state index contributed by atoms with van der Waals surface area (Å²) in [6.07, 6.45) is 10.5. The van der Waals surface area contributed by atoms with E-state index in [1.807, 2.05) is 13.4 Å². The molecule has 0 aromatic rings. The minimum absolute atomic E-state index is 0.0131. The van der Waals surface area contributed by atoms with Crippen LogP contribution < -0.4 is 5.32 Å². The summed E-state index contributed by atoms with van der Waals surface area (Å²) in [7, 11) is 1.87. The Bertz CT molecular complexity index is 282. The van der Waals surface area contributed by atoms with Gasteiger partial charge in [0.15, 0.2) is 0 Å². The molecule has 2 rings (SSSR count). The van der Waals surface area contributed by atoms with Gasteiger partial charge in [0.1, 0.15) is 0 Å². The maximum absolute atomic E-state index is 5.99. The van der Waals surface area contributed by atoms with E-state index in [9.17, 15) is 0 Å². The van der Waals surface area contributed by atoms with Gasteiger partial charge in [-0.05, 0) is 37.8 Å². The van der Waals surface area contributed by atoms with Crippen molar-refractivity contribution in [2.75, 3.05) is 20.3 Å². The van der Waals surface area contributed by atoms with Gasteiger partial charge in [-0.1, -0.05) is 26.2 Å². The van der Waals surface area contributed by atoms with Gasteiger partial charge in [0.25, 0.3) is 0 Å². The Balaban J connectivity index is 2.18. The minimum Gasteiger partial charge on any atom is -0.501 e.